The Hall–Kier alpha value is -1.01. The van der Waals surface area contributed by atoms with Gasteiger partial charge in [-0.15, -0.1) is 0 Å². The molecule has 0 N–H and O–H groups in total. The van der Waals surface area contributed by atoms with Crippen LogP contribution < -0.4 is 0 Å². The largest absolute Gasteiger partial charge is 0.408 e. The van der Waals surface area contributed by atoms with E-state index in [-0.39, 0.29) is 23.4 Å². The van der Waals surface area contributed by atoms with E-state index in [0.717, 1.165) is 11.8 Å². The number of hydrogen-bond donors (Lipinski definition) is 0. The van der Waals surface area contributed by atoms with Crippen LogP contribution in [-0.4, -0.2) is 40.0 Å². The molecule has 1 heterocycles. The molecule has 1 unspecified atom stereocenters. The van der Waals surface area contributed by atoms with E-state index >= 15 is 0 Å². The van der Waals surface area contributed by atoms with Crippen molar-refractivity contribution >= 4 is 14.6 Å². The zero-order valence-corrected chi connectivity index (χ0v) is 15.9. The summed E-state index contributed by atoms with van der Waals surface area (Å²) in [5, 5.41) is 0.0591. The van der Waals surface area contributed by atoms with Crippen LogP contribution in [0.25, 0.3) is 0 Å². The molecule has 0 bridgehead atoms. The molecule has 1 fully saturated rings. The van der Waals surface area contributed by atoms with Crippen LogP contribution in [0.15, 0.2) is 30.3 Å². The minimum Gasteiger partial charge on any atom is -0.408 e. The lowest BCUT2D eigenvalue weighted by atomic mass is 10.0. The van der Waals surface area contributed by atoms with E-state index in [2.05, 4.69) is 33.9 Å². The van der Waals surface area contributed by atoms with Gasteiger partial charge in [-0.1, -0.05) is 51.1 Å². The quantitative estimate of drug-likeness (QED) is 0.607. The molecule has 4 atom stereocenters. The Balaban J connectivity index is 2.29. The summed E-state index contributed by atoms with van der Waals surface area (Å²) in [4.78, 5) is 11.5. The number of ether oxygens (including phenoxy) is 2. The molecule has 0 aliphatic carbocycles. The first-order valence-electron chi connectivity index (χ1n) is 8.07. The Kier molecular flexibility index (Phi) is 5.46. The van der Waals surface area contributed by atoms with E-state index in [9.17, 15) is 4.79 Å². The van der Waals surface area contributed by atoms with E-state index in [4.69, 9.17) is 13.9 Å². The molecule has 0 amide bonds. The lowest BCUT2D eigenvalue weighted by molar-refractivity contribution is -0.120. The monoisotopic (exact) mass is 336 g/mol. The molecular formula is C18H28O4Si. The van der Waals surface area contributed by atoms with Crippen LogP contribution in [0.2, 0.25) is 18.1 Å². The molecule has 0 spiro atoms. The van der Waals surface area contributed by atoms with Crippen molar-refractivity contribution in [2.45, 2.75) is 63.3 Å². The van der Waals surface area contributed by atoms with Crippen molar-refractivity contribution in [3.63, 3.8) is 0 Å². The Morgan fingerprint density at radius 3 is 2.22 bits per heavy atom. The Labute approximate surface area is 140 Å². The maximum absolute atomic E-state index is 11.5. The van der Waals surface area contributed by atoms with Crippen LogP contribution in [0.5, 0.6) is 0 Å². The molecule has 5 heteroatoms. The molecule has 4 nitrogen and oxygen atoms in total. The molecule has 23 heavy (non-hydrogen) atoms. The molecule has 1 aliphatic heterocycles. The van der Waals surface area contributed by atoms with Crippen molar-refractivity contribution in [2.75, 3.05) is 7.11 Å². The van der Waals surface area contributed by atoms with Crippen LogP contribution in [0.1, 0.15) is 32.4 Å². The predicted molar refractivity (Wildman–Crippen MR) is 93.0 cm³/mol. The minimum absolute atomic E-state index is 0.0591. The van der Waals surface area contributed by atoms with Gasteiger partial charge in [-0.25, -0.2) is 0 Å². The van der Waals surface area contributed by atoms with Gasteiger partial charge in [0.1, 0.15) is 24.4 Å². The fourth-order valence-corrected chi connectivity index (χ4v) is 3.91. The zero-order valence-electron chi connectivity index (χ0n) is 14.9. The summed E-state index contributed by atoms with van der Waals surface area (Å²) in [6, 6.07) is 9.87. The van der Waals surface area contributed by atoms with Crippen molar-refractivity contribution < 1.29 is 18.7 Å². The summed E-state index contributed by atoms with van der Waals surface area (Å²) in [6.45, 7) is 10.9. The van der Waals surface area contributed by atoms with Crippen molar-refractivity contribution in [1.29, 1.82) is 0 Å². The zero-order chi connectivity index (χ0) is 17.3. The van der Waals surface area contributed by atoms with E-state index in [0.29, 0.717) is 0 Å². The SMILES string of the molecule is CO[C@@H]1C(O[Si](C)(C)C(C)(C)C)[C@@H](C=O)O[C@H]1c1ccccc1. The van der Waals surface area contributed by atoms with Gasteiger partial charge in [0.15, 0.2) is 14.6 Å². The molecule has 1 aromatic rings. The highest BCUT2D eigenvalue weighted by Crippen LogP contribution is 2.42. The van der Waals surface area contributed by atoms with E-state index < -0.39 is 14.4 Å². The Bertz CT molecular complexity index is 524. The summed E-state index contributed by atoms with van der Waals surface area (Å²) in [7, 11) is -0.384. The topological polar surface area (TPSA) is 44.8 Å². The van der Waals surface area contributed by atoms with Crippen LogP contribution in [0.3, 0.4) is 0 Å². The molecule has 1 aliphatic rings. The second-order valence-electron chi connectivity index (χ2n) is 7.61. The molecule has 2 rings (SSSR count). The summed E-state index contributed by atoms with van der Waals surface area (Å²) in [6.07, 6.45) is -0.706. The smallest absolute Gasteiger partial charge is 0.192 e. The normalized spacial score (nSPS) is 28.8. The number of carbonyl (C=O) groups is 1. The Morgan fingerprint density at radius 2 is 1.74 bits per heavy atom. The van der Waals surface area contributed by atoms with Crippen molar-refractivity contribution in [3.8, 4) is 0 Å². The van der Waals surface area contributed by atoms with Crippen LogP contribution >= 0.6 is 0 Å². The van der Waals surface area contributed by atoms with Crippen LogP contribution in [0.4, 0.5) is 0 Å². The molecule has 1 aromatic carbocycles. The van der Waals surface area contributed by atoms with Crippen LogP contribution in [-0.2, 0) is 18.7 Å². The number of rotatable bonds is 5. The summed E-state index contributed by atoms with van der Waals surface area (Å²) in [5.41, 5.74) is 1.01. The highest BCUT2D eigenvalue weighted by Gasteiger charge is 2.50. The second-order valence-corrected chi connectivity index (χ2v) is 12.4. The van der Waals surface area contributed by atoms with Crippen molar-refractivity contribution in [3.05, 3.63) is 35.9 Å². The van der Waals surface area contributed by atoms with Gasteiger partial charge in [0.2, 0.25) is 0 Å². The lowest BCUT2D eigenvalue weighted by Gasteiger charge is -2.40. The number of methoxy groups -OCH3 is 1. The number of aldehydes is 1. The van der Waals surface area contributed by atoms with Crippen LogP contribution in [0, 0.1) is 0 Å². The van der Waals surface area contributed by atoms with Crippen molar-refractivity contribution in [2.24, 2.45) is 0 Å². The third-order valence-electron chi connectivity index (χ3n) is 5.02. The maximum Gasteiger partial charge on any atom is 0.192 e. The van der Waals surface area contributed by atoms with Crippen molar-refractivity contribution in [1.82, 2.24) is 0 Å². The van der Waals surface area contributed by atoms with E-state index in [1.54, 1.807) is 7.11 Å². The highest BCUT2D eigenvalue weighted by atomic mass is 28.4. The first-order valence-corrected chi connectivity index (χ1v) is 11.0. The third kappa shape index (κ3) is 3.74. The first-order chi connectivity index (χ1) is 10.7. The first kappa shape index (κ1) is 18.3. The molecule has 0 radical (unpaired) electrons. The summed E-state index contributed by atoms with van der Waals surface area (Å²) >= 11 is 0. The fraction of sp³-hybridized carbons (Fsp3) is 0.611. The van der Waals surface area contributed by atoms with Gasteiger partial charge in [0.25, 0.3) is 0 Å². The van der Waals surface area contributed by atoms with Gasteiger partial charge in [-0.05, 0) is 23.7 Å². The van der Waals surface area contributed by atoms with Gasteiger partial charge >= 0.3 is 0 Å². The fourth-order valence-electron chi connectivity index (χ4n) is 2.61. The summed E-state index contributed by atoms with van der Waals surface area (Å²) in [5.74, 6) is 0. The average Bonchev–Trinajstić information content (AvgIpc) is 2.84. The van der Waals surface area contributed by atoms with Gasteiger partial charge in [0, 0.05) is 7.11 Å². The average molecular weight is 337 g/mol. The van der Waals surface area contributed by atoms with E-state index in [1.165, 1.54) is 0 Å². The molecular weight excluding hydrogens is 308 g/mol. The number of carbonyl (C=O) groups excluding carboxylic acids is 1. The molecule has 0 aromatic heterocycles. The highest BCUT2D eigenvalue weighted by molar-refractivity contribution is 6.74. The lowest BCUT2D eigenvalue weighted by Crippen LogP contribution is -2.49. The number of hydrogen-bond acceptors (Lipinski definition) is 4. The van der Waals surface area contributed by atoms with Gasteiger partial charge < -0.3 is 18.7 Å². The van der Waals surface area contributed by atoms with Gasteiger partial charge in [0.05, 0.1) is 0 Å². The molecule has 128 valence electrons. The summed E-state index contributed by atoms with van der Waals surface area (Å²) < 4.78 is 18.1. The number of benzene rings is 1. The maximum atomic E-state index is 11.5. The minimum atomic E-state index is -2.04. The molecule has 1 saturated heterocycles. The standard InChI is InChI=1S/C18H28O4Si/c1-18(2,3)23(5,6)22-16-14(12-19)21-15(17(16)20-4)13-10-8-7-9-11-13/h7-12,14-17H,1-6H3/t14-,15+,16?,17+/m1/s1. The van der Waals surface area contributed by atoms with E-state index in [1.807, 2.05) is 30.3 Å². The second kappa shape index (κ2) is 6.85. The third-order valence-corrected chi connectivity index (χ3v) is 9.49. The predicted octanol–water partition coefficient (Wildman–Crippen LogP) is 3.73. The Morgan fingerprint density at radius 1 is 1.13 bits per heavy atom. The van der Waals surface area contributed by atoms with Gasteiger partial charge in [-0.2, -0.15) is 0 Å². The van der Waals surface area contributed by atoms with Gasteiger partial charge in [-0.3, -0.25) is 0 Å². The molecule has 0 saturated carbocycles.